The van der Waals surface area contributed by atoms with Gasteiger partial charge in [0.15, 0.2) is 0 Å². The van der Waals surface area contributed by atoms with Crippen LogP contribution in [0.5, 0.6) is 0 Å². The van der Waals surface area contributed by atoms with Gasteiger partial charge in [0.2, 0.25) is 0 Å². The molecule has 56 heavy (non-hydrogen) atoms. The lowest BCUT2D eigenvalue weighted by molar-refractivity contribution is -0.140. The van der Waals surface area contributed by atoms with Crippen molar-refractivity contribution in [2.45, 2.75) is 124 Å². The standard InChI is InChI=1S/C19H36NO9PS.C14H24NO8PS/c1-7-15(8-2)28-16-12-14(19(21)25-9-3)13-17(29-31(6,23)24)18(16)20-30(22,26-10-4)27-11-5;1-5-20-14(16)10-8-11-13(12(9-10)23-25(4,18)19)15(11)24(17,21-6-2)22-7-3/h12,15-18H,7-11,13H2,1-6H3,(H,20,22);8,11-13H,5-7,9H2,1-4H3/t16-,17-,18+;11-,12+,13-,15?/m10/s1. The van der Waals surface area contributed by atoms with Crippen molar-refractivity contribution in [3.63, 3.8) is 0 Å². The predicted molar refractivity (Wildman–Crippen MR) is 205 cm³/mol. The van der Waals surface area contributed by atoms with Gasteiger partial charge in [0.25, 0.3) is 20.2 Å². The second-order valence-electron chi connectivity index (χ2n) is 12.6. The van der Waals surface area contributed by atoms with E-state index in [1.54, 1.807) is 53.7 Å². The van der Waals surface area contributed by atoms with Gasteiger partial charge in [0.05, 0.1) is 94.7 Å². The van der Waals surface area contributed by atoms with Crippen molar-refractivity contribution >= 4 is 47.7 Å². The first-order chi connectivity index (χ1) is 26.2. The van der Waals surface area contributed by atoms with E-state index in [1.165, 1.54) is 4.67 Å². The summed E-state index contributed by atoms with van der Waals surface area (Å²) < 4.78 is 123. The van der Waals surface area contributed by atoms with Crippen molar-refractivity contribution < 1.29 is 76.2 Å². The van der Waals surface area contributed by atoms with Crippen molar-refractivity contribution in [3.05, 3.63) is 23.3 Å². The maximum absolute atomic E-state index is 13.2. The highest BCUT2D eigenvalue weighted by Gasteiger charge is 2.64. The lowest BCUT2D eigenvalue weighted by Crippen LogP contribution is -2.53. The molecule has 1 N–H and O–H groups in total. The molecule has 2 aliphatic carbocycles. The Morgan fingerprint density at radius 3 is 1.59 bits per heavy atom. The van der Waals surface area contributed by atoms with Gasteiger partial charge in [-0.3, -0.25) is 26.5 Å². The maximum atomic E-state index is 13.2. The number of nitrogens with one attached hydrogen (secondary N) is 1. The van der Waals surface area contributed by atoms with Crippen molar-refractivity contribution in [2.24, 2.45) is 0 Å². The maximum Gasteiger partial charge on any atom is 0.409 e. The Hall–Kier alpha value is -1.58. The number of fused-ring (bicyclic) bond motifs is 1. The molecule has 1 saturated heterocycles. The number of ether oxygens (including phenoxy) is 3. The summed E-state index contributed by atoms with van der Waals surface area (Å²) in [6.07, 6.45) is 3.41. The van der Waals surface area contributed by atoms with Gasteiger partial charge < -0.3 is 14.2 Å². The molecule has 0 amide bonds. The van der Waals surface area contributed by atoms with Gasteiger partial charge in [-0.05, 0) is 60.5 Å². The third kappa shape index (κ3) is 15.2. The molecular weight excluding hydrogens is 822 g/mol. The molecule has 0 aromatic heterocycles. The monoisotopic (exact) mass is 882 g/mol. The average molecular weight is 883 g/mol. The molecule has 0 radical (unpaired) electrons. The number of esters is 2. The second kappa shape index (κ2) is 22.7. The fourth-order valence-electron chi connectivity index (χ4n) is 6.18. The van der Waals surface area contributed by atoms with Crippen molar-refractivity contribution in [1.82, 2.24) is 9.76 Å². The molecule has 1 aliphatic heterocycles. The van der Waals surface area contributed by atoms with Crippen LogP contribution in [0.3, 0.4) is 0 Å². The van der Waals surface area contributed by atoms with E-state index in [4.69, 9.17) is 40.7 Å². The lowest BCUT2D eigenvalue weighted by Gasteiger charge is -2.38. The lowest BCUT2D eigenvalue weighted by atomic mass is 9.90. The first-order valence-corrected chi connectivity index (χ1v) is 25.4. The van der Waals surface area contributed by atoms with E-state index in [0.29, 0.717) is 18.4 Å². The summed E-state index contributed by atoms with van der Waals surface area (Å²) >= 11 is 0. The first kappa shape index (κ1) is 50.6. The van der Waals surface area contributed by atoms with Gasteiger partial charge in [-0.25, -0.2) is 23.8 Å². The van der Waals surface area contributed by atoms with Gasteiger partial charge in [-0.15, -0.1) is 0 Å². The van der Waals surface area contributed by atoms with Gasteiger partial charge in [0, 0.05) is 24.0 Å². The van der Waals surface area contributed by atoms with E-state index in [9.17, 15) is 35.6 Å². The minimum Gasteiger partial charge on any atom is -0.463 e. The number of rotatable bonds is 23. The van der Waals surface area contributed by atoms with Crippen LogP contribution in [0.1, 0.15) is 81.1 Å². The normalized spacial score (nSPS) is 25.3. The number of carbonyl (C=O) groups is 2. The zero-order valence-electron chi connectivity index (χ0n) is 33.9. The Kier molecular flexibility index (Phi) is 20.5. The summed E-state index contributed by atoms with van der Waals surface area (Å²) in [7, 11) is -15.1. The minimum absolute atomic E-state index is 0.0435. The van der Waals surface area contributed by atoms with Gasteiger partial charge >= 0.3 is 27.4 Å². The Bertz CT molecular complexity index is 1670. The van der Waals surface area contributed by atoms with E-state index in [-0.39, 0.29) is 64.2 Å². The SMILES string of the molecule is CCOC(=O)C1=C[C@@H](OC(CC)CC)[C@H](NP(=O)(OCC)OCC)[C@H](OS(C)(=O)=O)C1.CCOC(=O)C1=C[C@H]2[C@@H]([C@H](OS(C)(=O)=O)C1)N2P(=O)(OCC)OCC. The fourth-order valence-corrected chi connectivity index (χ4v) is 11.1. The van der Waals surface area contributed by atoms with Crippen LogP contribution >= 0.6 is 15.5 Å². The molecular formula is C33H60N2O17P2S2. The zero-order chi connectivity index (χ0) is 42.5. The van der Waals surface area contributed by atoms with Gasteiger partial charge in [-0.2, -0.15) is 21.5 Å². The predicted octanol–water partition coefficient (Wildman–Crippen LogP) is 4.40. The Labute approximate surface area is 331 Å². The fraction of sp³-hybridized carbons (Fsp3) is 0.818. The molecule has 0 aromatic rings. The third-order valence-electron chi connectivity index (χ3n) is 8.29. The summed E-state index contributed by atoms with van der Waals surface area (Å²) in [5, 5.41) is 2.80. The summed E-state index contributed by atoms with van der Waals surface area (Å²) in [4.78, 5) is 24.4. The van der Waals surface area contributed by atoms with Gasteiger partial charge in [0.1, 0.15) is 0 Å². The molecule has 23 heteroatoms. The van der Waals surface area contributed by atoms with Crippen LogP contribution in [0.4, 0.5) is 0 Å². The molecule has 1 unspecified atom stereocenters. The molecule has 0 spiro atoms. The molecule has 1 fully saturated rings. The molecule has 3 rings (SSSR count). The number of hydrogen-bond acceptors (Lipinski definition) is 17. The molecule has 3 aliphatic rings. The highest BCUT2D eigenvalue weighted by molar-refractivity contribution is 7.86. The van der Waals surface area contributed by atoms with Crippen LogP contribution in [0.25, 0.3) is 0 Å². The number of hydrogen-bond donors (Lipinski definition) is 1. The summed E-state index contributed by atoms with van der Waals surface area (Å²) in [5.74, 6) is -1.13. The first-order valence-electron chi connectivity index (χ1n) is 18.7. The van der Waals surface area contributed by atoms with Crippen molar-refractivity contribution in [3.8, 4) is 0 Å². The molecule has 0 saturated carbocycles. The molecule has 326 valence electrons. The van der Waals surface area contributed by atoms with Crippen LogP contribution in [-0.4, -0.2) is 128 Å². The van der Waals surface area contributed by atoms with Crippen molar-refractivity contribution in [2.75, 3.05) is 52.2 Å². The minimum atomic E-state index is -3.91. The quantitative estimate of drug-likeness (QED) is 0.0648. The summed E-state index contributed by atoms with van der Waals surface area (Å²) in [6, 6.07) is -1.89. The van der Waals surface area contributed by atoms with Crippen LogP contribution < -0.4 is 5.09 Å². The van der Waals surface area contributed by atoms with Crippen molar-refractivity contribution in [1.29, 1.82) is 0 Å². The number of nitrogens with zero attached hydrogens (tertiary/aromatic N) is 1. The van der Waals surface area contributed by atoms with Crippen LogP contribution in [0, 0.1) is 0 Å². The zero-order valence-corrected chi connectivity index (χ0v) is 37.3. The highest BCUT2D eigenvalue weighted by atomic mass is 32.2. The van der Waals surface area contributed by atoms with E-state index in [1.807, 2.05) is 13.8 Å². The van der Waals surface area contributed by atoms with Crippen LogP contribution in [0.15, 0.2) is 23.3 Å². The van der Waals surface area contributed by atoms with E-state index < -0.39 is 84.1 Å². The molecule has 1 heterocycles. The largest absolute Gasteiger partial charge is 0.463 e. The van der Waals surface area contributed by atoms with Gasteiger partial charge in [-0.1, -0.05) is 19.9 Å². The topological polar surface area (TPSA) is 235 Å². The Morgan fingerprint density at radius 2 is 1.16 bits per heavy atom. The molecule has 0 aromatic carbocycles. The average Bonchev–Trinajstić information content (AvgIpc) is 3.84. The van der Waals surface area contributed by atoms with Crippen LogP contribution in [-0.2, 0) is 79.6 Å². The molecule has 19 nitrogen and oxygen atoms in total. The smallest absolute Gasteiger partial charge is 0.409 e. The van der Waals surface area contributed by atoms with E-state index >= 15 is 0 Å². The van der Waals surface area contributed by atoms with E-state index in [0.717, 1.165) is 12.5 Å². The Morgan fingerprint density at radius 1 is 0.714 bits per heavy atom. The summed E-state index contributed by atoms with van der Waals surface area (Å²) in [6.45, 7) is 14.9. The number of carbonyl (C=O) groups excluding carboxylic acids is 2. The third-order valence-corrected chi connectivity index (χ3v) is 13.6. The Balaban J connectivity index is 0.000000395. The summed E-state index contributed by atoms with van der Waals surface area (Å²) in [5.41, 5.74) is 0.519. The van der Waals surface area contributed by atoms with E-state index in [2.05, 4.69) is 5.09 Å². The van der Waals surface area contributed by atoms with Crippen LogP contribution in [0.2, 0.25) is 0 Å². The molecule has 0 bridgehead atoms. The highest BCUT2D eigenvalue weighted by Crippen LogP contribution is 2.64. The molecule has 7 atom stereocenters. The second-order valence-corrected chi connectivity index (χ2v) is 19.5.